The summed E-state index contributed by atoms with van der Waals surface area (Å²) in [4.78, 5) is 4.64. The molecule has 0 bridgehead atoms. The lowest BCUT2D eigenvalue weighted by atomic mass is 10.0. The highest BCUT2D eigenvalue weighted by Crippen LogP contribution is 2.33. The Morgan fingerprint density at radius 3 is 2.68 bits per heavy atom. The fraction of sp³-hybridized carbons (Fsp3) is 0.438. The second kappa shape index (κ2) is 5.27. The first-order chi connectivity index (χ1) is 9.31. The Hall–Kier alpha value is -1.45. The van der Waals surface area contributed by atoms with Gasteiger partial charge >= 0.3 is 0 Å². The molecule has 0 aliphatic heterocycles. The number of ether oxygens (including phenoxy) is 1. The van der Waals surface area contributed by atoms with Crippen LogP contribution in [0.1, 0.15) is 31.4 Å². The molecule has 3 heteroatoms. The van der Waals surface area contributed by atoms with Crippen molar-refractivity contribution < 1.29 is 4.74 Å². The van der Waals surface area contributed by atoms with Crippen molar-refractivity contribution in [3.63, 3.8) is 0 Å². The van der Waals surface area contributed by atoms with Gasteiger partial charge in [0.15, 0.2) is 0 Å². The Morgan fingerprint density at radius 2 is 1.89 bits per heavy atom. The maximum atomic E-state index is 6.09. The van der Waals surface area contributed by atoms with Crippen molar-refractivity contribution in [2.75, 3.05) is 6.54 Å². The third kappa shape index (κ3) is 2.62. The second-order valence-corrected chi connectivity index (χ2v) is 5.38. The van der Waals surface area contributed by atoms with E-state index in [4.69, 9.17) is 10.5 Å². The first-order valence-corrected chi connectivity index (χ1v) is 7.00. The average molecular weight is 256 g/mol. The van der Waals surface area contributed by atoms with Gasteiger partial charge in [0.1, 0.15) is 0 Å². The molecule has 3 nitrogen and oxygen atoms in total. The summed E-state index contributed by atoms with van der Waals surface area (Å²) >= 11 is 0. The molecule has 0 amide bonds. The van der Waals surface area contributed by atoms with Gasteiger partial charge in [0.2, 0.25) is 0 Å². The van der Waals surface area contributed by atoms with Gasteiger partial charge in [0.05, 0.1) is 23.4 Å². The van der Waals surface area contributed by atoms with Crippen LogP contribution in [0.2, 0.25) is 0 Å². The highest BCUT2D eigenvalue weighted by atomic mass is 16.5. The van der Waals surface area contributed by atoms with Gasteiger partial charge in [-0.1, -0.05) is 37.1 Å². The molecule has 1 saturated carbocycles. The van der Waals surface area contributed by atoms with Crippen LogP contribution in [-0.2, 0) is 11.3 Å². The highest BCUT2D eigenvalue weighted by molar-refractivity contribution is 5.78. The summed E-state index contributed by atoms with van der Waals surface area (Å²) in [5.41, 5.74) is 7.78. The fourth-order valence-electron chi connectivity index (χ4n) is 2.84. The molecule has 100 valence electrons. The molecule has 2 N–H and O–H groups in total. The molecule has 0 saturated heterocycles. The summed E-state index contributed by atoms with van der Waals surface area (Å²) in [7, 11) is 0. The van der Waals surface area contributed by atoms with Crippen LogP contribution < -0.4 is 5.73 Å². The van der Waals surface area contributed by atoms with Crippen LogP contribution in [-0.4, -0.2) is 17.1 Å². The molecule has 0 unspecified atom stereocenters. The van der Waals surface area contributed by atoms with Gasteiger partial charge in [0.25, 0.3) is 0 Å². The van der Waals surface area contributed by atoms with E-state index in [1.807, 2.05) is 24.3 Å². The van der Waals surface area contributed by atoms with E-state index in [0.29, 0.717) is 13.2 Å². The monoisotopic (exact) mass is 256 g/mol. The summed E-state index contributed by atoms with van der Waals surface area (Å²) in [6, 6.07) is 12.3. The molecule has 1 aliphatic carbocycles. The Kier molecular flexibility index (Phi) is 3.49. The van der Waals surface area contributed by atoms with Gasteiger partial charge in [-0.25, -0.2) is 0 Å². The second-order valence-electron chi connectivity index (χ2n) is 5.38. The molecule has 3 rings (SSSR count). The zero-order valence-corrected chi connectivity index (χ0v) is 11.1. The smallest absolute Gasteiger partial charge is 0.0896 e. The molecule has 19 heavy (non-hydrogen) atoms. The predicted molar refractivity (Wildman–Crippen MR) is 76.8 cm³/mol. The predicted octanol–water partition coefficient (Wildman–Crippen LogP) is 3.02. The van der Waals surface area contributed by atoms with E-state index in [2.05, 4.69) is 17.1 Å². The summed E-state index contributed by atoms with van der Waals surface area (Å²) in [5.74, 6) is 0. The maximum absolute atomic E-state index is 6.09. The third-order valence-electron chi connectivity index (χ3n) is 4.07. The molecule has 2 aromatic rings. The van der Waals surface area contributed by atoms with Crippen molar-refractivity contribution >= 4 is 10.9 Å². The number of pyridine rings is 1. The quantitative estimate of drug-likeness (QED) is 0.914. The van der Waals surface area contributed by atoms with Crippen molar-refractivity contribution in [3.8, 4) is 0 Å². The summed E-state index contributed by atoms with van der Waals surface area (Å²) in [6.07, 6.45) is 4.61. The third-order valence-corrected chi connectivity index (χ3v) is 4.07. The van der Waals surface area contributed by atoms with E-state index >= 15 is 0 Å². The van der Waals surface area contributed by atoms with E-state index in [9.17, 15) is 0 Å². The van der Waals surface area contributed by atoms with Gasteiger partial charge in [-0.15, -0.1) is 0 Å². The normalized spacial score (nSPS) is 17.9. The fourth-order valence-corrected chi connectivity index (χ4v) is 2.84. The van der Waals surface area contributed by atoms with E-state index < -0.39 is 0 Å². The maximum Gasteiger partial charge on any atom is 0.0896 e. The van der Waals surface area contributed by atoms with Crippen molar-refractivity contribution in [2.24, 2.45) is 5.73 Å². The number of para-hydroxylation sites is 1. The van der Waals surface area contributed by atoms with Crippen molar-refractivity contribution in [1.29, 1.82) is 0 Å². The lowest BCUT2D eigenvalue weighted by molar-refractivity contribution is -0.0460. The van der Waals surface area contributed by atoms with Crippen LogP contribution >= 0.6 is 0 Å². The molecular weight excluding hydrogens is 236 g/mol. The zero-order chi connectivity index (χ0) is 13.1. The molecule has 1 fully saturated rings. The number of nitrogens with two attached hydrogens (primary N) is 1. The minimum absolute atomic E-state index is 0.104. The molecule has 0 atom stereocenters. The van der Waals surface area contributed by atoms with E-state index in [0.717, 1.165) is 24.1 Å². The molecule has 1 aromatic carbocycles. The summed E-state index contributed by atoms with van der Waals surface area (Å²) < 4.78 is 6.09. The van der Waals surface area contributed by atoms with Crippen molar-refractivity contribution in [2.45, 2.75) is 37.9 Å². The van der Waals surface area contributed by atoms with Crippen LogP contribution in [0.15, 0.2) is 36.4 Å². The van der Waals surface area contributed by atoms with Gasteiger partial charge in [-0.3, -0.25) is 4.98 Å². The largest absolute Gasteiger partial charge is 0.367 e. The Labute approximate surface area is 113 Å². The lowest BCUT2D eigenvalue weighted by Crippen LogP contribution is -2.37. The minimum atomic E-state index is -0.104. The van der Waals surface area contributed by atoms with Crippen LogP contribution in [0, 0.1) is 0 Å². The van der Waals surface area contributed by atoms with Gasteiger partial charge < -0.3 is 10.5 Å². The SMILES string of the molecule is NCC1(OCc2ccc3ccccc3n2)CCCC1. The average Bonchev–Trinajstić information content (AvgIpc) is 2.94. The molecule has 0 radical (unpaired) electrons. The molecular formula is C16H20N2O. The van der Waals surface area contributed by atoms with E-state index in [1.165, 1.54) is 18.2 Å². The van der Waals surface area contributed by atoms with Gasteiger partial charge in [-0.2, -0.15) is 0 Å². The zero-order valence-electron chi connectivity index (χ0n) is 11.1. The summed E-state index contributed by atoms with van der Waals surface area (Å²) in [6.45, 7) is 1.17. The van der Waals surface area contributed by atoms with E-state index in [-0.39, 0.29) is 5.60 Å². The van der Waals surface area contributed by atoms with Crippen molar-refractivity contribution in [3.05, 3.63) is 42.1 Å². The van der Waals surface area contributed by atoms with Gasteiger partial charge in [-0.05, 0) is 25.0 Å². The number of hydrogen-bond acceptors (Lipinski definition) is 3. The van der Waals surface area contributed by atoms with Crippen LogP contribution in [0.4, 0.5) is 0 Å². The Bertz CT molecular complexity index is 561. The standard InChI is InChI=1S/C16H20N2O/c17-12-16(9-3-4-10-16)19-11-14-8-7-13-5-1-2-6-15(13)18-14/h1-2,5-8H,3-4,9-12,17H2. The van der Waals surface area contributed by atoms with E-state index in [1.54, 1.807) is 0 Å². The summed E-state index contributed by atoms with van der Waals surface area (Å²) in [5, 5.41) is 1.17. The first-order valence-electron chi connectivity index (χ1n) is 7.00. The Balaban J connectivity index is 1.74. The Morgan fingerprint density at radius 1 is 1.11 bits per heavy atom. The molecule has 0 spiro atoms. The minimum Gasteiger partial charge on any atom is -0.367 e. The molecule has 1 aliphatic rings. The number of nitrogens with zero attached hydrogens (tertiary/aromatic N) is 1. The number of benzene rings is 1. The van der Waals surface area contributed by atoms with Crippen LogP contribution in [0.5, 0.6) is 0 Å². The first kappa shape index (κ1) is 12.6. The number of hydrogen-bond donors (Lipinski definition) is 1. The molecule has 1 heterocycles. The van der Waals surface area contributed by atoms with Crippen LogP contribution in [0.25, 0.3) is 10.9 Å². The molecule has 1 aromatic heterocycles. The van der Waals surface area contributed by atoms with Crippen molar-refractivity contribution in [1.82, 2.24) is 4.98 Å². The van der Waals surface area contributed by atoms with Crippen LogP contribution in [0.3, 0.4) is 0 Å². The topological polar surface area (TPSA) is 48.1 Å². The van der Waals surface area contributed by atoms with Gasteiger partial charge in [0, 0.05) is 11.9 Å². The number of fused-ring (bicyclic) bond motifs is 1. The number of rotatable bonds is 4. The lowest BCUT2D eigenvalue weighted by Gasteiger charge is -2.27. The number of aromatic nitrogens is 1. The highest BCUT2D eigenvalue weighted by Gasteiger charge is 2.33.